The number of aryl methyl sites for hydroxylation is 2. The largest absolute Gasteiger partial charge is 0.380 e. The van der Waals surface area contributed by atoms with Gasteiger partial charge in [-0.25, -0.2) is 4.98 Å². The molecule has 0 fully saturated rings. The van der Waals surface area contributed by atoms with E-state index in [0.29, 0.717) is 11.0 Å². The molecule has 3 heterocycles. The van der Waals surface area contributed by atoms with Crippen molar-refractivity contribution in [2.45, 2.75) is 32.2 Å². The Morgan fingerprint density at radius 3 is 3.17 bits per heavy atom. The monoisotopic (exact) mass is 341 g/mol. The molecule has 24 heavy (non-hydrogen) atoms. The number of hydrogen-bond acceptors (Lipinski definition) is 6. The van der Waals surface area contributed by atoms with E-state index in [9.17, 15) is 4.79 Å². The summed E-state index contributed by atoms with van der Waals surface area (Å²) in [5.74, 6) is 0. The highest BCUT2D eigenvalue weighted by Crippen LogP contribution is 2.25. The molecule has 1 aliphatic heterocycles. The third-order valence-corrected chi connectivity index (χ3v) is 5.17. The average Bonchev–Trinajstić information content (AvgIpc) is 3.03. The number of anilines is 2. The molecule has 1 atom stereocenters. The zero-order valence-electron chi connectivity index (χ0n) is 13.5. The van der Waals surface area contributed by atoms with Crippen LogP contribution in [-0.4, -0.2) is 27.2 Å². The second kappa shape index (κ2) is 6.24. The fraction of sp³-hybridized carbons (Fsp3) is 0.353. The van der Waals surface area contributed by atoms with Gasteiger partial charge in [0, 0.05) is 30.0 Å². The topological polar surface area (TPSA) is 71.3 Å². The second-order valence-corrected chi connectivity index (χ2v) is 6.91. The highest BCUT2D eigenvalue weighted by molar-refractivity contribution is 7.20. The van der Waals surface area contributed by atoms with E-state index < -0.39 is 0 Å². The van der Waals surface area contributed by atoms with Crippen molar-refractivity contribution in [3.63, 3.8) is 0 Å². The van der Waals surface area contributed by atoms with Crippen LogP contribution in [0.2, 0.25) is 0 Å². The fourth-order valence-corrected chi connectivity index (χ4v) is 3.80. The van der Waals surface area contributed by atoms with Gasteiger partial charge in [0.25, 0.3) is 5.56 Å². The van der Waals surface area contributed by atoms with E-state index in [4.69, 9.17) is 0 Å². The Labute approximate surface area is 143 Å². The highest BCUT2D eigenvalue weighted by atomic mass is 32.1. The van der Waals surface area contributed by atoms with Gasteiger partial charge in [0.05, 0.1) is 0 Å². The SMILES string of the molecule is CCc1cc(=O)n2nc(NCC3CCc4ccccc4N3)sc2n1. The Hall–Kier alpha value is -2.41. The zero-order valence-corrected chi connectivity index (χ0v) is 14.3. The molecule has 4 rings (SSSR count). The lowest BCUT2D eigenvalue weighted by Crippen LogP contribution is -2.32. The lowest BCUT2D eigenvalue weighted by Gasteiger charge is -2.27. The number of nitrogens with one attached hydrogen (secondary N) is 2. The van der Waals surface area contributed by atoms with Gasteiger partial charge in [0.15, 0.2) is 0 Å². The summed E-state index contributed by atoms with van der Waals surface area (Å²) in [5, 5.41) is 12.0. The molecule has 1 aliphatic rings. The maximum absolute atomic E-state index is 12.0. The maximum atomic E-state index is 12.0. The minimum atomic E-state index is -0.120. The van der Waals surface area contributed by atoms with E-state index >= 15 is 0 Å². The van der Waals surface area contributed by atoms with Crippen LogP contribution in [0.25, 0.3) is 4.96 Å². The molecule has 0 radical (unpaired) electrons. The van der Waals surface area contributed by atoms with Gasteiger partial charge in [-0.15, -0.1) is 5.10 Å². The molecule has 3 aromatic rings. The van der Waals surface area contributed by atoms with Gasteiger partial charge in [-0.2, -0.15) is 4.52 Å². The third-order valence-electron chi connectivity index (χ3n) is 4.30. The molecule has 2 aromatic heterocycles. The van der Waals surface area contributed by atoms with Crippen molar-refractivity contribution in [2.75, 3.05) is 17.2 Å². The van der Waals surface area contributed by atoms with Crippen molar-refractivity contribution in [3.05, 3.63) is 51.9 Å². The molecule has 6 nitrogen and oxygen atoms in total. The molecule has 1 unspecified atom stereocenters. The molecule has 0 aliphatic carbocycles. The van der Waals surface area contributed by atoms with Crippen LogP contribution >= 0.6 is 11.3 Å². The van der Waals surface area contributed by atoms with Crippen LogP contribution in [0.3, 0.4) is 0 Å². The van der Waals surface area contributed by atoms with Crippen LogP contribution in [0.4, 0.5) is 10.8 Å². The molecular weight excluding hydrogens is 322 g/mol. The van der Waals surface area contributed by atoms with Gasteiger partial charge in [0.1, 0.15) is 0 Å². The first kappa shape index (κ1) is 15.1. The molecule has 124 valence electrons. The Morgan fingerprint density at radius 2 is 2.29 bits per heavy atom. The van der Waals surface area contributed by atoms with Crippen LogP contribution in [0.15, 0.2) is 35.1 Å². The zero-order chi connectivity index (χ0) is 16.5. The molecule has 0 saturated heterocycles. The molecule has 2 N–H and O–H groups in total. The maximum Gasteiger partial charge on any atom is 0.275 e. The molecule has 0 bridgehead atoms. The lowest BCUT2D eigenvalue weighted by molar-refractivity contribution is 0.653. The number of benzene rings is 1. The normalized spacial score (nSPS) is 16.6. The van der Waals surface area contributed by atoms with Crippen LogP contribution in [0, 0.1) is 0 Å². The van der Waals surface area contributed by atoms with Crippen molar-refractivity contribution in [2.24, 2.45) is 0 Å². The number of nitrogens with zero attached hydrogens (tertiary/aromatic N) is 3. The van der Waals surface area contributed by atoms with E-state index in [0.717, 1.165) is 36.6 Å². The third kappa shape index (κ3) is 2.87. The van der Waals surface area contributed by atoms with Gasteiger partial charge in [-0.3, -0.25) is 4.79 Å². The second-order valence-electron chi connectivity index (χ2n) is 5.96. The Bertz CT molecular complexity index is 932. The summed E-state index contributed by atoms with van der Waals surface area (Å²) in [6.45, 7) is 2.76. The first-order valence-corrected chi connectivity index (χ1v) is 9.02. The van der Waals surface area contributed by atoms with Crippen LogP contribution in [0.5, 0.6) is 0 Å². The van der Waals surface area contributed by atoms with Crippen LogP contribution in [0.1, 0.15) is 24.6 Å². The van der Waals surface area contributed by atoms with Crippen molar-refractivity contribution >= 4 is 27.1 Å². The molecule has 7 heteroatoms. The summed E-state index contributed by atoms with van der Waals surface area (Å²) in [7, 11) is 0. The van der Waals surface area contributed by atoms with E-state index in [1.54, 1.807) is 6.07 Å². The van der Waals surface area contributed by atoms with Crippen molar-refractivity contribution in [1.29, 1.82) is 0 Å². The minimum Gasteiger partial charge on any atom is -0.380 e. The number of rotatable bonds is 4. The molecule has 0 spiro atoms. The summed E-state index contributed by atoms with van der Waals surface area (Å²) >= 11 is 1.42. The lowest BCUT2D eigenvalue weighted by atomic mass is 9.98. The predicted octanol–water partition coefficient (Wildman–Crippen LogP) is 2.55. The molecule has 1 aromatic carbocycles. The van der Waals surface area contributed by atoms with Gasteiger partial charge >= 0.3 is 0 Å². The molecule has 0 amide bonds. The summed E-state index contributed by atoms with van der Waals surface area (Å²) in [4.78, 5) is 17.1. The number of hydrogen-bond donors (Lipinski definition) is 2. The van der Waals surface area contributed by atoms with Crippen molar-refractivity contribution in [1.82, 2.24) is 14.6 Å². The molecular formula is C17H19N5OS. The minimum absolute atomic E-state index is 0.120. The van der Waals surface area contributed by atoms with E-state index in [1.165, 1.54) is 27.1 Å². The van der Waals surface area contributed by atoms with Gasteiger partial charge in [-0.1, -0.05) is 36.5 Å². The van der Waals surface area contributed by atoms with Gasteiger partial charge in [0.2, 0.25) is 10.1 Å². The number of fused-ring (bicyclic) bond motifs is 2. The summed E-state index contributed by atoms with van der Waals surface area (Å²) in [6, 6.07) is 10.3. The van der Waals surface area contributed by atoms with Gasteiger partial charge < -0.3 is 10.6 Å². The summed E-state index contributed by atoms with van der Waals surface area (Å²) < 4.78 is 1.37. The Morgan fingerprint density at radius 1 is 1.42 bits per heavy atom. The van der Waals surface area contributed by atoms with Crippen molar-refractivity contribution < 1.29 is 0 Å². The van der Waals surface area contributed by atoms with Gasteiger partial charge in [-0.05, 0) is 30.9 Å². The van der Waals surface area contributed by atoms with Crippen molar-refractivity contribution in [3.8, 4) is 0 Å². The summed E-state index contributed by atoms with van der Waals surface area (Å²) in [6.07, 6.45) is 2.90. The standard InChI is InChI=1S/C17H19N5OS/c1-2-12-9-15(23)22-17(20-12)24-16(21-22)18-10-13-8-7-11-5-3-4-6-14(11)19-13/h3-6,9,13,19H,2,7-8,10H2,1H3,(H,18,21). The van der Waals surface area contributed by atoms with E-state index in [1.807, 2.05) is 6.92 Å². The van der Waals surface area contributed by atoms with E-state index in [-0.39, 0.29) is 5.56 Å². The van der Waals surface area contributed by atoms with E-state index in [2.05, 4.69) is 45.0 Å². The highest BCUT2D eigenvalue weighted by Gasteiger charge is 2.17. The predicted molar refractivity (Wildman–Crippen MR) is 97.2 cm³/mol. The quantitative estimate of drug-likeness (QED) is 0.763. The first-order valence-electron chi connectivity index (χ1n) is 8.21. The summed E-state index contributed by atoms with van der Waals surface area (Å²) in [5.41, 5.74) is 3.27. The van der Waals surface area contributed by atoms with Crippen LogP contribution in [-0.2, 0) is 12.8 Å². The number of aromatic nitrogens is 3. The molecule has 0 saturated carbocycles. The van der Waals surface area contributed by atoms with Crippen LogP contribution < -0.4 is 16.2 Å². The average molecular weight is 341 g/mol. The fourth-order valence-electron chi connectivity index (χ4n) is 2.97. The number of para-hydroxylation sites is 1. The smallest absolute Gasteiger partial charge is 0.275 e. The Kier molecular flexibility index (Phi) is 3.93. The first-order chi connectivity index (χ1) is 11.7. The Balaban J connectivity index is 1.48.